The molecule has 0 aliphatic carbocycles. The van der Waals surface area contributed by atoms with Gasteiger partial charge in [0.05, 0.1) is 37.1 Å². The molecule has 0 bridgehead atoms. The first kappa shape index (κ1) is 22.9. The third-order valence-electron chi connectivity index (χ3n) is 4.30. The highest BCUT2D eigenvalue weighted by molar-refractivity contribution is 7.92. The third kappa shape index (κ3) is 5.60. The van der Waals surface area contributed by atoms with E-state index in [4.69, 9.17) is 9.47 Å². The standard InChI is InChI=1S/C19H23N3O7S/c1-13(14-8-9-17(28-2)18(10-14)29-3)20-19(23)12-21(30(4,26)27)15-6-5-7-16(11-15)22(24)25/h5-11,13H,12H2,1-4H3,(H,20,23)/t13-/m1/s1. The molecule has 10 nitrogen and oxygen atoms in total. The summed E-state index contributed by atoms with van der Waals surface area (Å²) in [7, 11) is -0.858. The molecule has 162 valence electrons. The molecule has 0 heterocycles. The monoisotopic (exact) mass is 437 g/mol. The van der Waals surface area contributed by atoms with E-state index in [0.717, 1.165) is 22.2 Å². The summed E-state index contributed by atoms with van der Waals surface area (Å²) in [6, 6.07) is 9.79. The van der Waals surface area contributed by atoms with Gasteiger partial charge in [0.1, 0.15) is 6.54 Å². The van der Waals surface area contributed by atoms with Crippen molar-refractivity contribution in [1.82, 2.24) is 5.32 Å². The first-order chi connectivity index (χ1) is 14.1. The summed E-state index contributed by atoms with van der Waals surface area (Å²) in [5.41, 5.74) is 0.475. The number of methoxy groups -OCH3 is 2. The van der Waals surface area contributed by atoms with E-state index in [1.807, 2.05) is 0 Å². The Hall–Kier alpha value is -3.34. The van der Waals surface area contributed by atoms with E-state index in [2.05, 4.69) is 5.32 Å². The number of non-ortho nitro benzene ring substituents is 1. The number of rotatable bonds is 9. The summed E-state index contributed by atoms with van der Waals surface area (Å²) in [4.78, 5) is 22.9. The van der Waals surface area contributed by atoms with Gasteiger partial charge in [-0.2, -0.15) is 0 Å². The van der Waals surface area contributed by atoms with E-state index in [9.17, 15) is 23.3 Å². The summed E-state index contributed by atoms with van der Waals surface area (Å²) in [5.74, 6) is 0.452. The molecule has 0 fully saturated rings. The number of nitrogens with zero attached hydrogens (tertiary/aromatic N) is 2. The zero-order valence-electron chi connectivity index (χ0n) is 17.0. The lowest BCUT2D eigenvalue weighted by Gasteiger charge is -2.23. The Balaban J connectivity index is 2.21. The van der Waals surface area contributed by atoms with Gasteiger partial charge < -0.3 is 14.8 Å². The first-order valence-electron chi connectivity index (χ1n) is 8.80. The van der Waals surface area contributed by atoms with Gasteiger partial charge in [0.15, 0.2) is 11.5 Å². The summed E-state index contributed by atoms with van der Waals surface area (Å²) >= 11 is 0. The smallest absolute Gasteiger partial charge is 0.271 e. The Morgan fingerprint density at radius 3 is 2.40 bits per heavy atom. The van der Waals surface area contributed by atoms with Crippen LogP contribution in [0.15, 0.2) is 42.5 Å². The summed E-state index contributed by atoms with van der Waals surface area (Å²) in [5, 5.41) is 13.7. The Kier molecular flexibility index (Phi) is 7.22. The zero-order valence-corrected chi connectivity index (χ0v) is 17.8. The van der Waals surface area contributed by atoms with Crippen LogP contribution in [0, 0.1) is 10.1 Å². The molecule has 30 heavy (non-hydrogen) atoms. The van der Waals surface area contributed by atoms with Gasteiger partial charge in [-0.1, -0.05) is 12.1 Å². The highest BCUT2D eigenvalue weighted by atomic mass is 32.2. The predicted octanol–water partition coefficient (Wildman–Crippen LogP) is 2.26. The van der Waals surface area contributed by atoms with Gasteiger partial charge in [0.2, 0.25) is 15.9 Å². The van der Waals surface area contributed by atoms with Crippen LogP contribution in [-0.2, 0) is 14.8 Å². The van der Waals surface area contributed by atoms with Crippen molar-refractivity contribution in [3.63, 3.8) is 0 Å². The van der Waals surface area contributed by atoms with Crippen molar-refractivity contribution >= 4 is 27.3 Å². The fourth-order valence-corrected chi connectivity index (χ4v) is 3.63. The molecule has 2 rings (SSSR count). The fourth-order valence-electron chi connectivity index (χ4n) is 2.78. The molecule has 0 saturated carbocycles. The SMILES string of the molecule is COc1ccc([C@@H](C)NC(=O)CN(c2cccc([N+](=O)[O-])c2)S(C)(=O)=O)cc1OC. The number of hydrogen-bond donors (Lipinski definition) is 1. The first-order valence-corrected chi connectivity index (χ1v) is 10.6. The third-order valence-corrected chi connectivity index (χ3v) is 5.44. The van der Waals surface area contributed by atoms with Crippen molar-refractivity contribution in [2.75, 3.05) is 31.3 Å². The zero-order chi connectivity index (χ0) is 22.5. The Morgan fingerprint density at radius 1 is 1.17 bits per heavy atom. The second-order valence-corrected chi connectivity index (χ2v) is 8.36. The Morgan fingerprint density at radius 2 is 1.83 bits per heavy atom. The highest BCUT2D eigenvalue weighted by Crippen LogP contribution is 2.30. The summed E-state index contributed by atoms with van der Waals surface area (Å²) in [6.07, 6.45) is 0.927. The van der Waals surface area contributed by atoms with Crippen LogP contribution in [-0.4, -0.2) is 46.3 Å². The van der Waals surface area contributed by atoms with Crippen molar-refractivity contribution < 1.29 is 27.6 Å². The second-order valence-electron chi connectivity index (χ2n) is 6.45. The number of nitro benzene ring substituents is 1. The van der Waals surface area contributed by atoms with Gasteiger partial charge in [-0.05, 0) is 30.7 Å². The van der Waals surface area contributed by atoms with E-state index >= 15 is 0 Å². The maximum absolute atomic E-state index is 12.5. The minimum atomic E-state index is -3.86. The average molecular weight is 437 g/mol. The predicted molar refractivity (Wildman–Crippen MR) is 111 cm³/mol. The van der Waals surface area contributed by atoms with Gasteiger partial charge in [-0.3, -0.25) is 19.2 Å². The van der Waals surface area contributed by atoms with E-state index in [1.165, 1.54) is 32.4 Å². The average Bonchev–Trinajstić information content (AvgIpc) is 2.70. The van der Waals surface area contributed by atoms with Crippen LogP contribution < -0.4 is 19.1 Å². The highest BCUT2D eigenvalue weighted by Gasteiger charge is 2.23. The number of carbonyl (C=O) groups is 1. The lowest BCUT2D eigenvalue weighted by Crippen LogP contribution is -2.41. The number of hydrogen-bond acceptors (Lipinski definition) is 7. The lowest BCUT2D eigenvalue weighted by molar-refractivity contribution is -0.384. The van der Waals surface area contributed by atoms with Crippen LogP contribution in [0.5, 0.6) is 11.5 Å². The maximum Gasteiger partial charge on any atom is 0.271 e. The molecular formula is C19H23N3O7S. The van der Waals surface area contributed by atoms with Crippen LogP contribution in [0.4, 0.5) is 11.4 Å². The van der Waals surface area contributed by atoms with Crippen LogP contribution >= 0.6 is 0 Å². The second kappa shape index (κ2) is 9.44. The topological polar surface area (TPSA) is 128 Å². The maximum atomic E-state index is 12.5. The minimum absolute atomic E-state index is 0.0284. The quantitative estimate of drug-likeness (QED) is 0.471. The molecule has 1 atom stereocenters. The van der Waals surface area contributed by atoms with Gasteiger partial charge in [0.25, 0.3) is 5.69 Å². The molecule has 2 aromatic carbocycles. The van der Waals surface area contributed by atoms with Gasteiger partial charge in [0, 0.05) is 12.1 Å². The number of ether oxygens (including phenoxy) is 2. The van der Waals surface area contributed by atoms with E-state index in [-0.39, 0.29) is 11.4 Å². The van der Waals surface area contributed by atoms with Crippen molar-refractivity contribution in [2.45, 2.75) is 13.0 Å². The number of nitro groups is 1. The fraction of sp³-hybridized carbons (Fsp3) is 0.316. The van der Waals surface area contributed by atoms with Crippen LogP contribution in [0.2, 0.25) is 0 Å². The summed E-state index contributed by atoms with van der Waals surface area (Å²) in [6.45, 7) is 1.20. The van der Waals surface area contributed by atoms with Crippen molar-refractivity contribution in [3.8, 4) is 11.5 Å². The van der Waals surface area contributed by atoms with Crippen molar-refractivity contribution in [3.05, 3.63) is 58.1 Å². The largest absolute Gasteiger partial charge is 0.493 e. The molecule has 0 aliphatic rings. The normalized spacial score (nSPS) is 12.0. The lowest BCUT2D eigenvalue weighted by atomic mass is 10.1. The van der Waals surface area contributed by atoms with Crippen LogP contribution in [0.3, 0.4) is 0 Å². The molecule has 1 amide bonds. The number of anilines is 1. The number of amides is 1. The number of sulfonamides is 1. The van der Waals surface area contributed by atoms with E-state index in [0.29, 0.717) is 11.5 Å². The molecular weight excluding hydrogens is 414 g/mol. The van der Waals surface area contributed by atoms with Crippen LogP contribution in [0.25, 0.3) is 0 Å². The van der Waals surface area contributed by atoms with Gasteiger partial charge >= 0.3 is 0 Å². The molecule has 0 spiro atoms. The molecule has 0 saturated heterocycles. The molecule has 0 unspecified atom stereocenters. The number of carbonyl (C=O) groups excluding carboxylic acids is 1. The van der Waals surface area contributed by atoms with E-state index in [1.54, 1.807) is 25.1 Å². The minimum Gasteiger partial charge on any atom is -0.493 e. The van der Waals surface area contributed by atoms with Gasteiger partial charge in [-0.15, -0.1) is 0 Å². The van der Waals surface area contributed by atoms with Gasteiger partial charge in [-0.25, -0.2) is 8.42 Å². The Bertz CT molecular complexity index is 1040. The number of nitrogens with one attached hydrogen (secondary N) is 1. The molecule has 11 heteroatoms. The molecule has 2 aromatic rings. The van der Waals surface area contributed by atoms with Crippen LogP contribution in [0.1, 0.15) is 18.5 Å². The molecule has 0 aliphatic heterocycles. The van der Waals surface area contributed by atoms with Crippen molar-refractivity contribution in [1.29, 1.82) is 0 Å². The molecule has 0 aromatic heterocycles. The van der Waals surface area contributed by atoms with Crippen molar-refractivity contribution in [2.24, 2.45) is 0 Å². The molecule has 0 radical (unpaired) electrons. The van der Waals surface area contributed by atoms with E-state index < -0.39 is 33.4 Å². The summed E-state index contributed by atoms with van der Waals surface area (Å²) < 4.78 is 35.7. The molecule has 1 N–H and O–H groups in total. The Labute approximate surface area is 174 Å². The number of benzene rings is 2.